The molecule has 0 aromatic carbocycles. The molecule has 0 saturated heterocycles. The van der Waals surface area contributed by atoms with Crippen LogP contribution in [-0.4, -0.2) is 93.4 Å². The molecule has 0 aliphatic rings. The molecule has 0 aliphatic heterocycles. The van der Waals surface area contributed by atoms with Gasteiger partial charge in [0.15, 0.2) is 5.96 Å². The van der Waals surface area contributed by atoms with E-state index in [1.54, 1.807) is 0 Å². The third-order valence-corrected chi connectivity index (χ3v) is 5.82. The van der Waals surface area contributed by atoms with Gasteiger partial charge in [-0.2, -0.15) is 11.8 Å². The summed E-state index contributed by atoms with van der Waals surface area (Å²) < 4.78 is 0. The molecule has 13 N–H and O–H groups in total. The van der Waals surface area contributed by atoms with Crippen molar-refractivity contribution < 1.29 is 29.1 Å². The van der Waals surface area contributed by atoms with Crippen LogP contribution in [0.25, 0.3) is 0 Å². The van der Waals surface area contributed by atoms with Crippen LogP contribution in [0.4, 0.5) is 0 Å². The molecule has 0 bridgehead atoms. The lowest BCUT2D eigenvalue weighted by Gasteiger charge is -2.24. The number of carboxylic acids is 1. The van der Waals surface area contributed by atoms with Crippen LogP contribution in [0.15, 0.2) is 17.5 Å². The second-order valence-electron chi connectivity index (χ2n) is 8.31. The van der Waals surface area contributed by atoms with Crippen molar-refractivity contribution in [2.24, 2.45) is 27.9 Å². The van der Waals surface area contributed by atoms with Crippen LogP contribution in [0.3, 0.4) is 0 Å². The fraction of sp³-hybridized carbons (Fsp3) is 0.571. The van der Waals surface area contributed by atoms with E-state index < -0.39 is 60.2 Å². The van der Waals surface area contributed by atoms with Crippen LogP contribution in [0.5, 0.6) is 0 Å². The van der Waals surface area contributed by atoms with E-state index in [2.05, 4.69) is 30.9 Å². The molecule has 4 atom stereocenters. The van der Waals surface area contributed by atoms with Gasteiger partial charge in [-0.05, 0) is 31.3 Å². The van der Waals surface area contributed by atoms with Gasteiger partial charge < -0.3 is 49.0 Å². The second-order valence-corrected chi connectivity index (χ2v) is 9.30. The number of guanidine groups is 1. The number of carboxylic acid groups (broad SMARTS) is 1. The molecule has 0 aliphatic carbocycles. The first kappa shape index (κ1) is 32.2. The largest absolute Gasteiger partial charge is 0.480 e. The number of aromatic nitrogens is 2. The average Bonchev–Trinajstić information content (AvgIpc) is 3.35. The zero-order chi connectivity index (χ0) is 28.7. The smallest absolute Gasteiger partial charge is 0.326 e. The van der Waals surface area contributed by atoms with Gasteiger partial charge in [0, 0.05) is 24.9 Å². The highest BCUT2D eigenvalue weighted by Crippen LogP contribution is 2.05. The molecule has 4 amide bonds. The molecule has 212 valence electrons. The van der Waals surface area contributed by atoms with Crippen molar-refractivity contribution in [1.29, 1.82) is 0 Å². The highest BCUT2D eigenvalue weighted by Gasteiger charge is 2.31. The summed E-state index contributed by atoms with van der Waals surface area (Å²) in [5, 5.41) is 16.7. The summed E-state index contributed by atoms with van der Waals surface area (Å²) in [4.78, 5) is 72.3. The molecule has 1 aromatic heterocycles. The zero-order valence-corrected chi connectivity index (χ0v) is 21.8. The highest BCUT2D eigenvalue weighted by atomic mass is 32.2. The standard InChI is InChI=1S/C21H36N10O6S/c1-38-6-4-12(22)17(33)30-14(7-11-9-26-10-28-11)18(34)31-15(8-16(23)32)19(35)29-13(20(36)37)3-2-5-27-21(24)25/h9-10,12-15H,2-8,22H2,1H3,(H2,23,32)(H,26,28)(H,29,35)(H,30,33)(H,31,34)(H,36,37)(H4,24,25,27). The molecule has 0 fully saturated rings. The summed E-state index contributed by atoms with van der Waals surface area (Å²) in [5.74, 6) is -4.13. The van der Waals surface area contributed by atoms with Gasteiger partial charge in [-0.25, -0.2) is 9.78 Å². The number of aliphatic carboxylic acids is 1. The maximum atomic E-state index is 13.1. The number of hydrogen-bond acceptors (Lipinski definition) is 9. The number of nitrogens with one attached hydrogen (secondary N) is 4. The minimum atomic E-state index is -1.51. The van der Waals surface area contributed by atoms with Crippen molar-refractivity contribution in [3.63, 3.8) is 0 Å². The number of carbonyl (C=O) groups is 5. The number of thioether (sulfide) groups is 1. The monoisotopic (exact) mass is 556 g/mol. The predicted octanol–water partition coefficient (Wildman–Crippen LogP) is -3.50. The van der Waals surface area contributed by atoms with Gasteiger partial charge in [0.1, 0.15) is 18.1 Å². The lowest BCUT2D eigenvalue weighted by Crippen LogP contribution is -2.58. The fourth-order valence-corrected chi connectivity index (χ4v) is 3.69. The minimum absolute atomic E-state index is 0.0263. The van der Waals surface area contributed by atoms with Crippen molar-refractivity contribution >= 4 is 47.3 Å². The van der Waals surface area contributed by atoms with E-state index in [9.17, 15) is 29.1 Å². The number of aromatic amines is 1. The number of aliphatic imine (C=N–C) groups is 1. The highest BCUT2D eigenvalue weighted by molar-refractivity contribution is 7.98. The number of imidazole rings is 1. The van der Waals surface area contributed by atoms with Gasteiger partial charge in [0.05, 0.1) is 18.8 Å². The normalized spacial score (nSPS) is 13.8. The maximum absolute atomic E-state index is 13.1. The number of rotatable bonds is 18. The van der Waals surface area contributed by atoms with Crippen molar-refractivity contribution in [3.05, 3.63) is 18.2 Å². The molecule has 0 saturated carbocycles. The maximum Gasteiger partial charge on any atom is 0.326 e. The van der Waals surface area contributed by atoms with Crippen molar-refractivity contribution in [2.75, 3.05) is 18.6 Å². The van der Waals surface area contributed by atoms with Gasteiger partial charge >= 0.3 is 5.97 Å². The van der Waals surface area contributed by atoms with E-state index in [0.29, 0.717) is 17.9 Å². The Bertz CT molecular complexity index is 970. The van der Waals surface area contributed by atoms with Crippen LogP contribution in [0.1, 0.15) is 31.4 Å². The van der Waals surface area contributed by atoms with E-state index in [0.717, 1.165) is 0 Å². The molecule has 1 heterocycles. The van der Waals surface area contributed by atoms with Crippen LogP contribution in [0.2, 0.25) is 0 Å². The molecular weight excluding hydrogens is 520 g/mol. The molecule has 17 heteroatoms. The molecule has 4 unspecified atom stereocenters. The third-order valence-electron chi connectivity index (χ3n) is 5.18. The Kier molecular flexibility index (Phi) is 14.2. The van der Waals surface area contributed by atoms with Crippen molar-refractivity contribution in [2.45, 2.75) is 56.3 Å². The van der Waals surface area contributed by atoms with E-state index in [1.807, 2.05) is 6.26 Å². The topological polar surface area (TPSA) is 287 Å². The molecular formula is C21H36N10O6S. The first-order valence-corrected chi connectivity index (χ1v) is 13.0. The van der Waals surface area contributed by atoms with E-state index in [-0.39, 0.29) is 31.8 Å². The predicted molar refractivity (Wildman–Crippen MR) is 140 cm³/mol. The van der Waals surface area contributed by atoms with E-state index >= 15 is 0 Å². The van der Waals surface area contributed by atoms with Crippen LogP contribution in [-0.2, 0) is 30.4 Å². The molecule has 16 nitrogen and oxygen atoms in total. The zero-order valence-electron chi connectivity index (χ0n) is 21.0. The Balaban J connectivity index is 3.00. The average molecular weight is 557 g/mol. The van der Waals surface area contributed by atoms with Gasteiger partial charge in [-0.1, -0.05) is 0 Å². The number of H-pyrrole nitrogens is 1. The summed E-state index contributed by atoms with van der Waals surface area (Å²) in [6.07, 6.45) is 4.64. The minimum Gasteiger partial charge on any atom is -0.480 e. The Morgan fingerprint density at radius 1 is 1.03 bits per heavy atom. The Morgan fingerprint density at radius 2 is 1.66 bits per heavy atom. The number of amides is 4. The number of hydrogen-bond donors (Lipinski definition) is 9. The Hall–Kier alpha value is -3.86. The van der Waals surface area contributed by atoms with Gasteiger partial charge in [0.2, 0.25) is 23.6 Å². The first-order chi connectivity index (χ1) is 17.9. The summed E-state index contributed by atoms with van der Waals surface area (Å²) in [6, 6.07) is -4.93. The van der Waals surface area contributed by atoms with Crippen LogP contribution >= 0.6 is 11.8 Å². The van der Waals surface area contributed by atoms with Gasteiger partial charge in [-0.3, -0.25) is 24.2 Å². The first-order valence-electron chi connectivity index (χ1n) is 11.6. The van der Waals surface area contributed by atoms with Gasteiger partial charge in [-0.15, -0.1) is 0 Å². The summed E-state index contributed by atoms with van der Waals surface area (Å²) in [5.41, 5.74) is 22.1. The Morgan fingerprint density at radius 3 is 2.21 bits per heavy atom. The summed E-state index contributed by atoms with van der Waals surface area (Å²) in [7, 11) is 0. The van der Waals surface area contributed by atoms with Gasteiger partial charge in [0.25, 0.3) is 0 Å². The van der Waals surface area contributed by atoms with Crippen LogP contribution < -0.4 is 38.9 Å². The Labute approximate surface area is 223 Å². The second kappa shape index (κ2) is 16.8. The molecule has 0 spiro atoms. The number of nitrogens with zero attached hydrogens (tertiary/aromatic N) is 2. The molecule has 0 radical (unpaired) electrons. The quantitative estimate of drug-likeness (QED) is 0.0485. The lowest BCUT2D eigenvalue weighted by atomic mass is 10.1. The lowest BCUT2D eigenvalue weighted by molar-refractivity contribution is -0.142. The van der Waals surface area contributed by atoms with E-state index in [4.69, 9.17) is 22.9 Å². The van der Waals surface area contributed by atoms with Crippen molar-refractivity contribution in [1.82, 2.24) is 25.9 Å². The van der Waals surface area contributed by atoms with E-state index in [1.165, 1.54) is 24.3 Å². The molecule has 38 heavy (non-hydrogen) atoms. The summed E-state index contributed by atoms with van der Waals surface area (Å²) >= 11 is 1.51. The van der Waals surface area contributed by atoms with Crippen LogP contribution in [0, 0.1) is 0 Å². The SMILES string of the molecule is CSCCC(N)C(=O)NC(Cc1cnc[nH]1)C(=O)NC(CC(N)=O)C(=O)NC(CCCN=C(N)N)C(=O)O. The number of primary amides is 1. The third kappa shape index (κ3) is 12.4. The number of carbonyl (C=O) groups excluding carboxylic acids is 4. The van der Waals surface area contributed by atoms with Crippen molar-refractivity contribution in [3.8, 4) is 0 Å². The molecule has 1 rings (SSSR count). The summed E-state index contributed by atoms with van der Waals surface area (Å²) in [6.45, 7) is 0.136. The fourth-order valence-electron chi connectivity index (χ4n) is 3.20. The molecule has 1 aromatic rings. The number of nitrogens with two attached hydrogens (primary N) is 4.